The average molecular weight is 201 g/mol. The second-order valence-corrected chi connectivity index (χ2v) is 5.25. The van der Waals surface area contributed by atoms with Crippen LogP contribution in [0.2, 0.25) is 0 Å². The Morgan fingerprint density at radius 1 is 1.07 bits per heavy atom. The maximum absolute atomic E-state index is 9.36. The minimum Gasteiger partial charge on any atom is -0.316 e. The molecule has 0 aliphatic carbocycles. The Bertz CT molecular complexity index is 145. The molecule has 0 bridgehead atoms. The van der Waals surface area contributed by atoms with E-state index in [-0.39, 0.29) is 11.0 Å². The highest BCUT2D eigenvalue weighted by molar-refractivity contribution is 4.94. The van der Waals surface area contributed by atoms with Gasteiger partial charge in [0, 0.05) is 5.54 Å². The first-order valence-corrected chi connectivity index (χ1v) is 5.84. The highest BCUT2D eigenvalue weighted by Crippen LogP contribution is 2.37. The molecule has 0 radical (unpaired) electrons. The van der Waals surface area contributed by atoms with Crippen LogP contribution in [0.4, 0.5) is 0 Å². The second kappa shape index (κ2) is 5.72. The Balaban J connectivity index is 4.39. The third kappa shape index (κ3) is 3.25. The lowest BCUT2D eigenvalue weighted by Crippen LogP contribution is -2.53. The van der Waals surface area contributed by atoms with Gasteiger partial charge in [0.25, 0.3) is 0 Å². The van der Waals surface area contributed by atoms with E-state index in [2.05, 4.69) is 40.1 Å². The van der Waals surface area contributed by atoms with Gasteiger partial charge in [-0.2, -0.15) is 5.48 Å². The van der Waals surface area contributed by atoms with Crippen LogP contribution in [0, 0.1) is 5.41 Å². The van der Waals surface area contributed by atoms with E-state index >= 15 is 0 Å². The number of hydrogen-bond acceptors (Lipinski definition) is 2. The van der Waals surface area contributed by atoms with Crippen molar-refractivity contribution in [2.45, 2.75) is 72.3 Å². The highest BCUT2D eigenvalue weighted by atomic mass is 16.5. The summed E-state index contributed by atoms with van der Waals surface area (Å²) in [5.74, 6) is 0. The Labute approximate surface area is 89.1 Å². The van der Waals surface area contributed by atoms with Gasteiger partial charge in [-0.25, -0.2) is 0 Å². The maximum Gasteiger partial charge on any atom is 0.0475 e. The molecule has 0 saturated carbocycles. The van der Waals surface area contributed by atoms with Crippen LogP contribution in [0.5, 0.6) is 0 Å². The fourth-order valence-corrected chi connectivity index (χ4v) is 2.06. The fourth-order valence-electron chi connectivity index (χ4n) is 2.06. The van der Waals surface area contributed by atoms with E-state index in [0.29, 0.717) is 0 Å². The number of rotatable bonds is 6. The smallest absolute Gasteiger partial charge is 0.0475 e. The third-order valence-electron chi connectivity index (χ3n) is 3.46. The van der Waals surface area contributed by atoms with E-state index in [9.17, 15) is 5.21 Å². The summed E-state index contributed by atoms with van der Waals surface area (Å²) in [6.07, 6.45) is 5.69. The molecule has 86 valence electrons. The summed E-state index contributed by atoms with van der Waals surface area (Å²) in [5, 5.41) is 9.36. The molecule has 0 amide bonds. The van der Waals surface area contributed by atoms with Gasteiger partial charge in [0.1, 0.15) is 0 Å². The van der Waals surface area contributed by atoms with Gasteiger partial charge in [0.2, 0.25) is 0 Å². The zero-order chi connectivity index (χ0) is 11.2. The minimum absolute atomic E-state index is 0.101. The molecule has 14 heavy (non-hydrogen) atoms. The molecule has 0 spiro atoms. The van der Waals surface area contributed by atoms with E-state index in [1.807, 2.05) is 0 Å². The lowest BCUT2D eigenvalue weighted by molar-refractivity contribution is -0.0178. The molecule has 0 aliphatic heterocycles. The van der Waals surface area contributed by atoms with Crippen molar-refractivity contribution in [3.8, 4) is 0 Å². The van der Waals surface area contributed by atoms with E-state index < -0.39 is 0 Å². The summed E-state index contributed by atoms with van der Waals surface area (Å²) >= 11 is 0. The van der Waals surface area contributed by atoms with Gasteiger partial charge < -0.3 is 5.21 Å². The zero-order valence-corrected chi connectivity index (χ0v) is 10.5. The summed E-state index contributed by atoms with van der Waals surface area (Å²) in [5.41, 5.74) is 2.54. The van der Waals surface area contributed by atoms with Gasteiger partial charge >= 0.3 is 0 Å². The first kappa shape index (κ1) is 13.9. The molecule has 0 aromatic rings. The highest BCUT2D eigenvalue weighted by Gasteiger charge is 2.39. The van der Waals surface area contributed by atoms with Gasteiger partial charge in [-0.1, -0.05) is 53.9 Å². The summed E-state index contributed by atoms with van der Waals surface area (Å²) in [6, 6.07) is 0. The number of hydroxylamine groups is 1. The fraction of sp³-hybridized carbons (Fsp3) is 1.00. The van der Waals surface area contributed by atoms with Gasteiger partial charge in [0.15, 0.2) is 0 Å². The second-order valence-electron chi connectivity index (χ2n) is 5.25. The Morgan fingerprint density at radius 3 is 1.93 bits per heavy atom. The molecule has 0 aliphatic rings. The van der Waals surface area contributed by atoms with E-state index in [0.717, 1.165) is 12.8 Å². The van der Waals surface area contributed by atoms with Crippen molar-refractivity contribution in [1.82, 2.24) is 5.48 Å². The molecular formula is C12H27NO. The van der Waals surface area contributed by atoms with Crippen molar-refractivity contribution in [2.24, 2.45) is 5.41 Å². The van der Waals surface area contributed by atoms with Crippen molar-refractivity contribution < 1.29 is 5.21 Å². The average Bonchev–Trinajstić information content (AvgIpc) is 2.11. The van der Waals surface area contributed by atoms with Crippen molar-refractivity contribution >= 4 is 0 Å². The SMILES string of the molecule is CCCCCC(CC)(NO)C(C)(C)C. The minimum atomic E-state index is -0.123. The predicted molar refractivity (Wildman–Crippen MR) is 61.5 cm³/mol. The molecule has 1 atom stereocenters. The van der Waals surface area contributed by atoms with Crippen molar-refractivity contribution in [3.63, 3.8) is 0 Å². The normalized spacial score (nSPS) is 16.7. The van der Waals surface area contributed by atoms with Crippen LogP contribution in [-0.2, 0) is 0 Å². The van der Waals surface area contributed by atoms with E-state index in [1.54, 1.807) is 0 Å². The first-order chi connectivity index (χ1) is 6.43. The van der Waals surface area contributed by atoms with Crippen LogP contribution in [0.15, 0.2) is 0 Å². The van der Waals surface area contributed by atoms with Gasteiger partial charge in [-0.3, -0.25) is 0 Å². The maximum atomic E-state index is 9.36. The topological polar surface area (TPSA) is 32.3 Å². The van der Waals surface area contributed by atoms with E-state index in [4.69, 9.17) is 0 Å². The quantitative estimate of drug-likeness (QED) is 0.507. The van der Waals surface area contributed by atoms with Crippen molar-refractivity contribution in [2.75, 3.05) is 0 Å². The Morgan fingerprint density at radius 2 is 1.64 bits per heavy atom. The van der Waals surface area contributed by atoms with Crippen LogP contribution in [0.1, 0.15) is 66.7 Å². The van der Waals surface area contributed by atoms with Crippen molar-refractivity contribution in [1.29, 1.82) is 0 Å². The van der Waals surface area contributed by atoms with Crippen LogP contribution >= 0.6 is 0 Å². The molecule has 0 saturated heterocycles. The lowest BCUT2D eigenvalue weighted by Gasteiger charge is -2.43. The monoisotopic (exact) mass is 201 g/mol. The largest absolute Gasteiger partial charge is 0.316 e. The molecule has 0 fully saturated rings. The van der Waals surface area contributed by atoms with Gasteiger partial charge in [0.05, 0.1) is 0 Å². The van der Waals surface area contributed by atoms with Crippen LogP contribution < -0.4 is 5.48 Å². The van der Waals surface area contributed by atoms with Crippen molar-refractivity contribution in [3.05, 3.63) is 0 Å². The molecule has 2 heteroatoms. The molecule has 2 N–H and O–H groups in total. The summed E-state index contributed by atoms with van der Waals surface area (Å²) in [7, 11) is 0. The number of unbranched alkanes of at least 4 members (excludes halogenated alkanes) is 2. The van der Waals surface area contributed by atoms with Gasteiger partial charge in [-0.05, 0) is 18.3 Å². The summed E-state index contributed by atoms with van der Waals surface area (Å²) in [4.78, 5) is 0. The molecule has 1 unspecified atom stereocenters. The Kier molecular flexibility index (Phi) is 5.68. The van der Waals surface area contributed by atoms with Crippen LogP contribution in [-0.4, -0.2) is 10.7 Å². The molecule has 0 aromatic heterocycles. The number of nitrogens with one attached hydrogen (secondary N) is 1. The molecular weight excluding hydrogens is 174 g/mol. The summed E-state index contributed by atoms with van der Waals surface area (Å²) in [6.45, 7) is 10.9. The zero-order valence-electron chi connectivity index (χ0n) is 10.5. The molecule has 0 rings (SSSR count). The Hall–Kier alpha value is -0.0800. The first-order valence-electron chi connectivity index (χ1n) is 5.84. The van der Waals surface area contributed by atoms with E-state index in [1.165, 1.54) is 19.3 Å². The van der Waals surface area contributed by atoms with Crippen LogP contribution in [0.25, 0.3) is 0 Å². The lowest BCUT2D eigenvalue weighted by atomic mass is 9.69. The standard InChI is InChI=1S/C12H27NO/c1-6-8-9-10-12(7-2,13-14)11(3,4)5/h13-14H,6-10H2,1-5H3. The molecule has 0 aromatic carbocycles. The van der Waals surface area contributed by atoms with Gasteiger partial charge in [-0.15, -0.1) is 0 Å². The third-order valence-corrected chi connectivity index (χ3v) is 3.46. The molecule has 2 nitrogen and oxygen atoms in total. The van der Waals surface area contributed by atoms with Crippen LogP contribution in [0.3, 0.4) is 0 Å². The molecule has 0 heterocycles. The number of hydrogen-bond donors (Lipinski definition) is 2. The summed E-state index contributed by atoms with van der Waals surface area (Å²) < 4.78 is 0. The predicted octanol–water partition coefficient (Wildman–Crippen LogP) is 3.74.